The number of nitrogens with one attached hydrogen (secondary N) is 1. The molecular weight excluding hydrogens is 226 g/mol. The van der Waals surface area contributed by atoms with E-state index >= 15 is 0 Å². The van der Waals surface area contributed by atoms with Crippen LogP contribution in [0.1, 0.15) is 31.5 Å². The smallest absolute Gasteiger partial charge is 0.0572 e. The molecule has 1 aliphatic rings. The van der Waals surface area contributed by atoms with Gasteiger partial charge in [-0.25, -0.2) is 0 Å². The third kappa shape index (κ3) is 3.51. The number of rotatable bonds is 6. The van der Waals surface area contributed by atoms with Gasteiger partial charge in [-0.1, -0.05) is 6.07 Å². The minimum atomic E-state index is 0.198. The highest BCUT2D eigenvalue weighted by molar-refractivity contribution is 5.08. The van der Waals surface area contributed by atoms with Gasteiger partial charge in [0.1, 0.15) is 0 Å². The zero-order valence-electron chi connectivity index (χ0n) is 11.0. The van der Waals surface area contributed by atoms with Crippen LogP contribution in [0.4, 0.5) is 0 Å². The van der Waals surface area contributed by atoms with Crippen LogP contribution in [-0.2, 0) is 0 Å². The predicted molar refractivity (Wildman–Crippen MR) is 72.3 cm³/mol. The van der Waals surface area contributed by atoms with Crippen molar-refractivity contribution in [1.82, 2.24) is 15.2 Å². The molecule has 2 heterocycles. The van der Waals surface area contributed by atoms with Gasteiger partial charge in [-0.2, -0.15) is 0 Å². The number of pyridine rings is 1. The Bertz CT molecular complexity index is 338. The predicted octanol–water partition coefficient (Wildman–Crippen LogP) is 1.19. The molecule has 1 aliphatic heterocycles. The van der Waals surface area contributed by atoms with Crippen LogP contribution in [0.15, 0.2) is 24.4 Å². The molecular formula is C14H23N3O. The highest BCUT2D eigenvalue weighted by atomic mass is 16.3. The summed E-state index contributed by atoms with van der Waals surface area (Å²) in [7, 11) is 0. The van der Waals surface area contributed by atoms with E-state index in [0.717, 1.165) is 18.8 Å². The van der Waals surface area contributed by atoms with Crippen LogP contribution in [0.2, 0.25) is 0 Å². The molecule has 18 heavy (non-hydrogen) atoms. The third-order valence-electron chi connectivity index (χ3n) is 3.67. The normalized spacial score (nSPS) is 21.4. The van der Waals surface area contributed by atoms with Crippen molar-refractivity contribution in [2.45, 2.75) is 31.8 Å². The maximum Gasteiger partial charge on any atom is 0.0572 e. The van der Waals surface area contributed by atoms with Gasteiger partial charge >= 0.3 is 0 Å². The van der Waals surface area contributed by atoms with E-state index in [2.05, 4.69) is 28.2 Å². The Hall–Kier alpha value is -0.970. The van der Waals surface area contributed by atoms with Crippen LogP contribution in [0, 0.1) is 0 Å². The van der Waals surface area contributed by atoms with Crippen molar-refractivity contribution in [3.8, 4) is 0 Å². The molecule has 1 aromatic rings. The van der Waals surface area contributed by atoms with Crippen molar-refractivity contribution < 1.29 is 5.11 Å². The van der Waals surface area contributed by atoms with Crippen LogP contribution in [0.3, 0.4) is 0 Å². The summed E-state index contributed by atoms with van der Waals surface area (Å²) in [6.45, 7) is 5.17. The monoisotopic (exact) mass is 249 g/mol. The van der Waals surface area contributed by atoms with E-state index in [1.807, 2.05) is 18.3 Å². The molecule has 1 aromatic heterocycles. The van der Waals surface area contributed by atoms with Crippen LogP contribution in [0.5, 0.6) is 0 Å². The second kappa shape index (κ2) is 6.83. The number of nitrogens with zero attached hydrogens (tertiary/aromatic N) is 2. The van der Waals surface area contributed by atoms with Crippen LogP contribution in [0.25, 0.3) is 0 Å². The lowest BCUT2D eigenvalue weighted by Crippen LogP contribution is -2.40. The number of aromatic nitrogens is 1. The average Bonchev–Trinajstić information content (AvgIpc) is 2.91. The molecule has 100 valence electrons. The molecule has 2 N–H and O–H groups in total. The molecule has 0 spiro atoms. The second-order valence-corrected chi connectivity index (χ2v) is 4.94. The minimum Gasteiger partial charge on any atom is -0.395 e. The summed E-state index contributed by atoms with van der Waals surface area (Å²) in [6.07, 6.45) is 4.32. The Morgan fingerprint density at radius 1 is 1.56 bits per heavy atom. The zero-order valence-corrected chi connectivity index (χ0v) is 11.0. The van der Waals surface area contributed by atoms with Gasteiger partial charge in [-0.15, -0.1) is 0 Å². The molecule has 2 rings (SSSR count). The van der Waals surface area contributed by atoms with Crippen molar-refractivity contribution in [3.05, 3.63) is 30.1 Å². The van der Waals surface area contributed by atoms with Crippen molar-refractivity contribution in [2.75, 3.05) is 26.2 Å². The van der Waals surface area contributed by atoms with E-state index in [-0.39, 0.29) is 12.6 Å². The zero-order chi connectivity index (χ0) is 12.8. The summed E-state index contributed by atoms with van der Waals surface area (Å²) in [5, 5.41) is 12.7. The van der Waals surface area contributed by atoms with Crippen molar-refractivity contribution in [1.29, 1.82) is 0 Å². The van der Waals surface area contributed by atoms with E-state index in [0.29, 0.717) is 12.6 Å². The highest BCUT2D eigenvalue weighted by Gasteiger charge is 2.22. The number of hydrogen-bond acceptors (Lipinski definition) is 4. The Kier molecular flexibility index (Phi) is 5.11. The Morgan fingerprint density at radius 2 is 2.44 bits per heavy atom. The van der Waals surface area contributed by atoms with Crippen LogP contribution in [-0.4, -0.2) is 47.3 Å². The first-order valence-corrected chi connectivity index (χ1v) is 6.80. The van der Waals surface area contributed by atoms with E-state index < -0.39 is 0 Å². The molecule has 0 amide bonds. The van der Waals surface area contributed by atoms with Gasteiger partial charge in [-0.05, 0) is 38.4 Å². The lowest BCUT2D eigenvalue weighted by atomic mass is 10.1. The molecule has 0 aromatic carbocycles. The molecule has 0 bridgehead atoms. The molecule has 0 aliphatic carbocycles. The summed E-state index contributed by atoms with van der Waals surface area (Å²) < 4.78 is 0. The van der Waals surface area contributed by atoms with Crippen molar-refractivity contribution >= 4 is 0 Å². The maximum atomic E-state index is 9.22. The number of aliphatic hydroxyl groups is 1. The molecule has 2 atom stereocenters. The molecule has 0 radical (unpaired) electrons. The van der Waals surface area contributed by atoms with Crippen LogP contribution >= 0.6 is 0 Å². The first kappa shape index (κ1) is 13.5. The van der Waals surface area contributed by atoms with Gasteiger partial charge in [0.05, 0.1) is 12.3 Å². The van der Waals surface area contributed by atoms with Crippen molar-refractivity contribution in [3.63, 3.8) is 0 Å². The molecule has 4 heteroatoms. The van der Waals surface area contributed by atoms with Gasteiger partial charge < -0.3 is 10.4 Å². The fraction of sp³-hybridized carbons (Fsp3) is 0.643. The SMILES string of the molecule is CC(c1ccccn1)N(CCO)CC1CCCN1. The molecule has 1 saturated heterocycles. The van der Waals surface area contributed by atoms with E-state index in [4.69, 9.17) is 0 Å². The first-order chi connectivity index (χ1) is 8.81. The Balaban J connectivity index is 1.99. The lowest BCUT2D eigenvalue weighted by molar-refractivity contribution is 0.145. The molecule has 0 saturated carbocycles. The van der Waals surface area contributed by atoms with Crippen LogP contribution < -0.4 is 5.32 Å². The second-order valence-electron chi connectivity index (χ2n) is 4.94. The van der Waals surface area contributed by atoms with Gasteiger partial charge in [0.15, 0.2) is 0 Å². The summed E-state index contributed by atoms with van der Waals surface area (Å²) >= 11 is 0. The summed E-state index contributed by atoms with van der Waals surface area (Å²) in [5.41, 5.74) is 1.07. The highest BCUT2D eigenvalue weighted by Crippen LogP contribution is 2.19. The van der Waals surface area contributed by atoms with Gasteiger partial charge in [0.25, 0.3) is 0 Å². The molecule has 2 unspecified atom stereocenters. The van der Waals surface area contributed by atoms with E-state index in [1.165, 1.54) is 12.8 Å². The van der Waals surface area contributed by atoms with E-state index in [1.54, 1.807) is 0 Å². The Labute approximate surface area is 109 Å². The quantitative estimate of drug-likeness (QED) is 0.795. The van der Waals surface area contributed by atoms with Gasteiger partial charge in [0, 0.05) is 31.4 Å². The molecule has 4 nitrogen and oxygen atoms in total. The first-order valence-electron chi connectivity index (χ1n) is 6.80. The number of hydrogen-bond donors (Lipinski definition) is 2. The number of aliphatic hydroxyl groups excluding tert-OH is 1. The maximum absolute atomic E-state index is 9.22. The largest absolute Gasteiger partial charge is 0.395 e. The third-order valence-corrected chi connectivity index (χ3v) is 3.67. The summed E-state index contributed by atoms with van der Waals surface area (Å²) in [5.74, 6) is 0. The fourth-order valence-electron chi connectivity index (χ4n) is 2.58. The van der Waals surface area contributed by atoms with Gasteiger partial charge in [-0.3, -0.25) is 9.88 Å². The average molecular weight is 249 g/mol. The lowest BCUT2D eigenvalue weighted by Gasteiger charge is -2.30. The summed E-state index contributed by atoms with van der Waals surface area (Å²) in [6, 6.07) is 6.81. The fourth-order valence-corrected chi connectivity index (χ4v) is 2.58. The standard InChI is InChI=1S/C14H23N3O/c1-12(14-6-2-3-7-16-14)17(9-10-18)11-13-5-4-8-15-13/h2-3,6-7,12-13,15,18H,4-5,8-11H2,1H3. The minimum absolute atomic E-state index is 0.198. The summed E-state index contributed by atoms with van der Waals surface area (Å²) in [4.78, 5) is 6.72. The molecule has 1 fully saturated rings. The topological polar surface area (TPSA) is 48.4 Å². The van der Waals surface area contributed by atoms with Crippen molar-refractivity contribution in [2.24, 2.45) is 0 Å². The van der Waals surface area contributed by atoms with E-state index in [9.17, 15) is 5.11 Å². The van der Waals surface area contributed by atoms with Gasteiger partial charge in [0.2, 0.25) is 0 Å². The Morgan fingerprint density at radius 3 is 3.06 bits per heavy atom.